The van der Waals surface area contributed by atoms with Gasteiger partial charge in [0.1, 0.15) is 12.8 Å². The molecule has 2 N–H and O–H groups in total. The van der Waals surface area contributed by atoms with Gasteiger partial charge in [-0.1, -0.05) is 34.6 Å². The molecule has 7 fully saturated rings. The Hall–Kier alpha value is -0.350. The predicted molar refractivity (Wildman–Crippen MR) is 179 cm³/mol. The maximum atomic E-state index is 13.5. The second-order valence-electron chi connectivity index (χ2n) is 19.0. The van der Waals surface area contributed by atoms with Crippen molar-refractivity contribution in [3.05, 3.63) is 0 Å². The topological polar surface area (TPSA) is 80.6 Å². The van der Waals surface area contributed by atoms with Gasteiger partial charge in [0.05, 0.1) is 36.6 Å². The molecule has 7 nitrogen and oxygen atoms in total. The summed E-state index contributed by atoms with van der Waals surface area (Å²) >= 11 is 0. The van der Waals surface area contributed by atoms with E-state index in [-0.39, 0.29) is 59.0 Å². The highest BCUT2D eigenvalue weighted by molar-refractivity contribution is 5.33. The maximum Gasteiger partial charge on any atom is 0.170 e. The number of fused-ring (bicyclic) bond motifs is 4. The first-order valence-electron chi connectivity index (χ1n) is 19.3. The Morgan fingerprint density at radius 3 is 2.43 bits per heavy atom. The van der Waals surface area contributed by atoms with E-state index < -0.39 is 17.8 Å². The summed E-state index contributed by atoms with van der Waals surface area (Å²) in [7, 11) is 0. The minimum Gasteiger partial charge on any atom is -0.390 e. The molecular weight excluding hydrogens is 597 g/mol. The molecule has 0 aromatic heterocycles. The summed E-state index contributed by atoms with van der Waals surface area (Å²) in [5.74, 6) is 1.73. The molecular formula is C39H66FNO6. The van der Waals surface area contributed by atoms with Crippen molar-refractivity contribution in [1.29, 1.82) is 0 Å². The van der Waals surface area contributed by atoms with Gasteiger partial charge in [0.25, 0.3) is 0 Å². The second-order valence-corrected chi connectivity index (χ2v) is 19.0. The van der Waals surface area contributed by atoms with E-state index in [0.29, 0.717) is 48.8 Å². The molecule has 0 radical (unpaired) electrons. The van der Waals surface area contributed by atoms with E-state index in [1.54, 1.807) is 0 Å². The normalized spacial score (nSPS) is 52.0. The van der Waals surface area contributed by atoms with Gasteiger partial charge >= 0.3 is 0 Å². The lowest BCUT2D eigenvalue weighted by atomic mass is 9.41. The van der Waals surface area contributed by atoms with Crippen LogP contribution < -0.4 is 0 Å². The Kier molecular flexibility index (Phi) is 8.64. The number of halogens is 1. The van der Waals surface area contributed by atoms with E-state index in [0.717, 1.165) is 32.2 Å². The highest BCUT2D eigenvalue weighted by atomic mass is 19.1. The van der Waals surface area contributed by atoms with Gasteiger partial charge in [-0.05, 0) is 124 Å². The van der Waals surface area contributed by atoms with Crippen LogP contribution in [0, 0.1) is 50.7 Å². The molecule has 2 aliphatic heterocycles. The van der Waals surface area contributed by atoms with Crippen LogP contribution in [-0.4, -0.2) is 96.5 Å². The van der Waals surface area contributed by atoms with Crippen LogP contribution in [0.5, 0.6) is 0 Å². The minimum absolute atomic E-state index is 0.000613. The maximum absolute atomic E-state index is 13.5. The number of alkyl halides is 1. The van der Waals surface area contributed by atoms with Crippen molar-refractivity contribution in [3.63, 3.8) is 0 Å². The number of ether oxygens (including phenoxy) is 4. The van der Waals surface area contributed by atoms with Gasteiger partial charge in [0.2, 0.25) is 0 Å². The van der Waals surface area contributed by atoms with E-state index in [2.05, 4.69) is 39.5 Å². The van der Waals surface area contributed by atoms with Crippen molar-refractivity contribution in [3.8, 4) is 0 Å². The third-order valence-electron chi connectivity index (χ3n) is 16.4. The van der Waals surface area contributed by atoms with Gasteiger partial charge in [0.15, 0.2) is 6.29 Å². The van der Waals surface area contributed by atoms with Crippen LogP contribution in [0.1, 0.15) is 114 Å². The molecule has 5 aliphatic carbocycles. The summed E-state index contributed by atoms with van der Waals surface area (Å²) in [6.07, 6.45) is 7.48. The van der Waals surface area contributed by atoms with Crippen molar-refractivity contribution >= 4 is 0 Å². The zero-order chi connectivity index (χ0) is 33.9. The Morgan fingerprint density at radius 2 is 1.74 bits per heavy atom. The van der Waals surface area contributed by atoms with E-state index >= 15 is 0 Å². The number of morpholine rings is 1. The van der Waals surface area contributed by atoms with Gasteiger partial charge in [-0.15, -0.1) is 0 Å². The first-order valence-corrected chi connectivity index (χ1v) is 19.3. The SMILES string of the molecule is CCO[C@@H]([C@H]1C[C@@H](C)[C@H]2[C@H](O1)[C@H](O)[C@@]1(C)[C@@H]3CC[C@H]4C(C)(C)[C@@H](O[C@H]5CN([C@H](C)CF)CCO5)CCC45C[C@@]35CC[C@]21C)C(C)(C)O. The zero-order valence-corrected chi connectivity index (χ0v) is 30.9. The largest absolute Gasteiger partial charge is 0.390 e. The van der Waals surface area contributed by atoms with Gasteiger partial charge in [-0.2, -0.15) is 0 Å². The third-order valence-corrected chi connectivity index (χ3v) is 16.4. The molecule has 0 aromatic carbocycles. The van der Waals surface area contributed by atoms with Crippen molar-refractivity contribution in [2.24, 2.45) is 50.7 Å². The van der Waals surface area contributed by atoms with Crippen LogP contribution in [0.3, 0.4) is 0 Å². The van der Waals surface area contributed by atoms with Crippen molar-refractivity contribution in [2.45, 2.75) is 162 Å². The van der Waals surface area contributed by atoms with Gasteiger partial charge in [0, 0.05) is 31.2 Å². The summed E-state index contributed by atoms with van der Waals surface area (Å²) in [4.78, 5) is 2.17. The second kappa shape index (κ2) is 11.6. The summed E-state index contributed by atoms with van der Waals surface area (Å²) in [6, 6.07) is -0.103. The number of hydrogen-bond acceptors (Lipinski definition) is 7. The fourth-order valence-corrected chi connectivity index (χ4v) is 14.1. The number of nitrogens with zero attached hydrogens (tertiary/aromatic N) is 1. The highest BCUT2D eigenvalue weighted by Gasteiger charge is 2.84. The molecule has 7 rings (SSSR count). The Balaban J connectivity index is 1.12. The minimum atomic E-state index is -1.02. The average molecular weight is 664 g/mol. The summed E-state index contributed by atoms with van der Waals surface area (Å²) in [5, 5.41) is 23.6. The monoisotopic (exact) mass is 663 g/mol. The van der Waals surface area contributed by atoms with E-state index in [4.69, 9.17) is 18.9 Å². The fourth-order valence-electron chi connectivity index (χ4n) is 14.1. The summed E-state index contributed by atoms with van der Waals surface area (Å²) < 4.78 is 39.5. The standard InChI is InChI=1S/C39H66FNO6/c1-10-44-33(35(6,7)43)25-19-23(2)30-31(46-25)32(42)37(9)27-12-11-26-34(4,5)28(47-29-21-41(17-18-45-29)24(3)20-40)13-14-38(26)22-39(27,38)16-15-36(30,37)8/h23-33,42-43H,10-22H2,1-9H3/t23-,24-,25-,26+,27+,28+,29+,30+,31+,32+,33+,36-,37-,38?,39+/m1/s1. The lowest BCUT2D eigenvalue weighted by molar-refractivity contribution is -0.251. The highest BCUT2D eigenvalue weighted by Crippen LogP contribution is 2.89. The van der Waals surface area contributed by atoms with Gasteiger partial charge in [-0.25, -0.2) is 4.39 Å². The average Bonchev–Trinajstić information content (AvgIpc) is 3.65. The molecule has 47 heavy (non-hydrogen) atoms. The molecule has 7 aliphatic rings. The van der Waals surface area contributed by atoms with Crippen molar-refractivity contribution < 1.29 is 33.6 Å². The van der Waals surface area contributed by atoms with Crippen LogP contribution in [0.25, 0.3) is 0 Å². The number of aliphatic hydroxyl groups is 2. The predicted octanol–water partition coefficient (Wildman–Crippen LogP) is 6.38. The number of hydrogen-bond donors (Lipinski definition) is 2. The molecule has 2 saturated heterocycles. The lowest BCUT2D eigenvalue weighted by Crippen LogP contribution is -2.60. The molecule has 15 atom stereocenters. The Morgan fingerprint density at radius 1 is 1.04 bits per heavy atom. The zero-order valence-electron chi connectivity index (χ0n) is 30.9. The van der Waals surface area contributed by atoms with Crippen LogP contribution in [-0.2, 0) is 18.9 Å². The molecule has 2 spiro atoms. The van der Waals surface area contributed by atoms with E-state index in [9.17, 15) is 14.6 Å². The molecule has 1 unspecified atom stereocenters. The van der Waals surface area contributed by atoms with Crippen LogP contribution in [0.4, 0.5) is 4.39 Å². The van der Waals surface area contributed by atoms with E-state index in [1.165, 1.54) is 25.7 Å². The van der Waals surface area contributed by atoms with Crippen molar-refractivity contribution in [1.82, 2.24) is 4.90 Å². The van der Waals surface area contributed by atoms with Crippen molar-refractivity contribution in [2.75, 3.05) is 33.0 Å². The number of rotatable bonds is 8. The molecule has 270 valence electrons. The Bertz CT molecular complexity index is 1180. The summed E-state index contributed by atoms with van der Waals surface area (Å²) in [5.41, 5.74) is -0.637. The van der Waals surface area contributed by atoms with Gasteiger partial charge < -0.3 is 29.2 Å². The van der Waals surface area contributed by atoms with Crippen LogP contribution in [0.2, 0.25) is 0 Å². The van der Waals surface area contributed by atoms with Crippen LogP contribution in [0.15, 0.2) is 0 Å². The fraction of sp³-hybridized carbons (Fsp3) is 1.00. The molecule has 5 saturated carbocycles. The first kappa shape index (κ1) is 35.1. The molecule has 8 heteroatoms. The molecule has 0 aromatic rings. The number of aliphatic hydroxyl groups excluding tert-OH is 1. The van der Waals surface area contributed by atoms with E-state index in [1.807, 2.05) is 27.7 Å². The van der Waals surface area contributed by atoms with Gasteiger partial charge in [-0.3, -0.25) is 4.90 Å². The quantitative estimate of drug-likeness (QED) is 0.312. The smallest absolute Gasteiger partial charge is 0.170 e. The first-order chi connectivity index (χ1) is 22.0. The Labute approximate surface area is 284 Å². The molecule has 0 amide bonds. The van der Waals surface area contributed by atoms with Crippen LogP contribution >= 0.6 is 0 Å². The molecule has 2 heterocycles. The summed E-state index contributed by atoms with van der Waals surface area (Å²) in [6.45, 7) is 21.9. The third kappa shape index (κ3) is 4.80. The lowest BCUT2D eigenvalue weighted by Gasteiger charge is -2.64. The molecule has 0 bridgehead atoms.